The molecule has 2 aromatic carbocycles. The van der Waals surface area contributed by atoms with Gasteiger partial charge in [0.05, 0.1) is 7.11 Å². The van der Waals surface area contributed by atoms with Gasteiger partial charge >= 0.3 is 6.03 Å². The van der Waals surface area contributed by atoms with Crippen molar-refractivity contribution in [2.24, 2.45) is 5.92 Å². The van der Waals surface area contributed by atoms with Gasteiger partial charge in [-0.05, 0) is 74.5 Å². The van der Waals surface area contributed by atoms with Gasteiger partial charge in [-0.25, -0.2) is 4.79 Å². The van der Waals surface area contributed by atoms with E-state index in [2.05, 4.69) is 10.3 Å². The van der Waals surface area contributed by atoms with Crippen molar-refractivity contribution in [3.05, 3.63) is 65.4 Å². The van der Waals surface area contributed by atoms with E-state index in [4.69, 9.17) is 4.74 Å². The highest BCUT2D eigenvalue weighted by atomic mass is 16.5. The number of aromatic nitrogens is 1. The number of benzene rings is 2. The van der Waals surface area contributed by atoms with Crippen LogP contribution in [0, 0.1) is 5.92 Å². The molecule has 2 fully saturated rings. The number of carbonyl (C=O) groups is 2. The highest BCUT2D eigenvalue weighted by Gasteiger charge is 2.59. The number of rotatable bonds is 8. The van der Waals surface area contributed by atoms with Crippen LogP contribution in [-0.2, 0) is 11.2 Å². The number of aromatic amines is 1. The predicted molar refractivity (Wildman–Crippen MR) is 134 cm³/mol. The molecule has 2 atom stereocenters. The first-order valence-electron chi connectivity index (χ1n) is 12.6. The Hall–Kier alpha value is -3.32. The number of carbonyl (C=O) groups excluding carboxylic acids is 2. The van der Waals surface area contributed by atoms with Gasteiger partial charge in [-0.15, -0.1) is 0 Å². The van der Waals surface area contributed by atoms with Crippen molar-refractivity contribution in [1.82, 2.24) is 20.1 Å². The monoisotopic (exact) mass is 472 g/mol. The first-order chi connectivity index (χ1) is 17.0. The zero-order valence-corrected chi connectivity index (χ0v) is 20.3. The summed E-state index contributed by atoms with van der Waals surface area (Å²) < 4.78 is 5.48. The SMILES string of the molecule is COc1ccc2[nH]c3c(c2c1)C[C@@]1(C)C(=O)N(CCCNCC2CC2)C(=O)N1[C@@H]3c1ccccc1. The van der Waals surface area contributed by atoms with Crippen molar-refractivity contribution in [2.45, 2.75) is 44.2 Å². The summed E-state index contributed by atoms with van der Waals surface area (Å²) in [5.74, 6) is 1.48. The van der Waals surface area contributed by atoms with E-state index in [9.17, 15) is 9.59 Å². The molecule has 3 heterocycles. The van der Waals surface area contributed by atoms with Crippen LogP contribution in [0.2, 0.25) is 0 Å². The zero-order valence-electron chi connectivity index (χ0n) is 20.3. The number of nitrogens with zero attached hydrogens (tertiary/aromatic N) is 2. The Morgan fingerprint density at radius 1 is 1.14 bits per heavy atom. The zero-order chi connectivity index (χ0) is 24.2. The van der Waals surface area contributed by atoms with Gasteiger partial charge < -0.3 is 15.0 Å². The quantitative estimate of drug-likeness (QED) is 0.380. The number of nitrogens with one attached hydrogen (secondary N) is 2. The normalized spacial score (nSPS) is 23.7. The van der Waals surface area contributed by atoms with Gasteiger partial charge in [-0.2, -0.15) is 0 Å². The second kappa shape index (κ2) is 8.41. The van der Waals surface area contributed by atoms with E-state index in [1.165, 1.54) is 17.7 Å². The molecule has 182 valence electrons. The van der Waals surface area contributed by atoms with Crippen LogP contribution in [0.25, 0.3) is 10.9 Å². The van der Waals surface area contributed by atoms with Crippen molar-refractivity contribution in [2.75, 3.05) is 26.7 Å². The molecule has 2 aliphatic heterocycles. The standard InChI is InChI=1S/C28H32N4O3/c1-28-16-22-21-15-20(35-2)11-12-23(21)30-24(22)25(19-7-4-3-5-8-19)32(28)27(34)31(26(28)33)14-6-13-29-17-18-9-10-18/h3-5,7-8,11-12,15,18,25,29-30H,6,9-10,13-14,16-17H2,1-2H3/t25-,28+/m1/s1. The van der Waals surface area contributed by atoms with Crippen LogP contribution >= 0.6 is 0 Å². The van der Waals surface area contributed by atoms with Gasteiger partial charge in [0.25, 0.3) is 5.91 Å². The number of imide groups is 1. The first kappa shape index (κ1) is 22.2. The van der Waals surface area contributed by atoms with E-state index in [1.807, 2.05) is 60.4 Å². The van der Waals surface area contributed by atoms with E-state index in [1.54, 1.807) is 7.11 Å². The summed E-state index contributed by atoms with van der Waals surface area (Å²) in [4.78, 5) is 34.5. The topological polar surface area (TPSA) is 77.7 Å². The minimum absolute atomic E-state index is 0.103. The second-order valence-corrected chi connectivity index (χ2v) is 10.3. The molecule has 0 spiro atoms. The lowest BCUT2D eigenvalue weighted by atomic mass is 9.81. The summed E-state index contributed by atoms with van der Waals surface area (Å²) >= 11 is 0. The number of H-pyrrole nitrogens is 1. The lowest BCUT2D eigenvalue weighted by Crippen LogP contribution is -2.53. The largest absolute Gasteiger partial charge is 0.497 e. The van der Waals surface area contributed by atoms with Gasteiger partial charge in [0.1, 0.15) is 17.3 Å². The summed E-state index contributed by atoms with van der Waals surface area (Å²) in [5, 5.41) is 4.51. The minimum Gasteiger partial charge on any atom is -0.497 e. The Morgan fingerprint density at radius 3 is 2.69 bits per heavy atom. The number of hydrogen-bond donors (Lipinski definition) is 2. The highest BCUT2D eigenvalue weighted by Crippen LogP contribution is 2.49. The maximum atomic E-state index is 13.8. The van der Waals surface area contributed by atoms with E-state index < -0.39 is 5.54 Å². The second-order valence-electron chi connectivity index (χ2n) is 10.3. The van der Waals surface area contributed by atoms with E-state index in [0.29, 0.717) is 13.0 Å². The smallest absolute Gasteiger partial charge is 0.328 e. The molecular weight excluding hydrogens is 440 g/mol. The Labute approximate surface area is 205 Å². The molecular formula is C28H32N4O3. The van der Waals surface area contributed by atoms with Crippen LogP contribution in [0.5, 0.6) is 5.75 Å². The molecule has 7 heteroatoms. The first-order valence-corrected chi connectivity index (χ1v) is 12.6. The lowest BCUT2D eigenvalue weighted by Gasteiger charge is -2.42. The number of urea groups is 1. The maximum absolute atomic E-state index is 13.8. The summed E-state index contributed by atoms with van der Waals surface area (Å²) in [5.41, 5.74) is 3.10. The van der Waals surface area contributed by atoms with Gasteiger partial charge in [0, 0.05) is 29.6 Å². The molecule has 0 radical (unpaired) electrons. The third kappa shape index (κ3) is 3.60. The number of fused-ring (bicyclic) bond motifs is 4. The summed E-state index contributed by atoms with van der Waals surface area (Å²) in [7, 11) is 1.66. The van der Waals surface area contributed by atoms with E-state index in [-0.39, 0.29) is 18.0 Å². The number of amides is 3. The third-order valence-corrected chi connectivity index (χ3v) is 7.85. The van der Waals surface area contributed by atoms with Crippen molar-refractivity contribution >= 4 is 22.8 Å². The average Bonchev–Trinajstić information content (AvgIpc) is 3.61. The molecule has 1 saturated heterocycles. The Bertz CT molecular complexity index is 1280. The van der Waals surface area contributed by atoms with Gasteiger partial charge in [-0.3, -0.25) is 14.6 Å². The van der Waals surface area contributed by atoms with Crippen molar-refractivity contribution in [3.8, 4) is 5.75 Å². The summed E-state index contributed by atoms with van der Waals surface area (Å²) in [6, 6.07) is 15.4. The average molecular weight is 473 g/mol. The number of hydrogen-bond acceptors (Lipinski definition) is 4. The molecule has 6 rings (SSSR count). The molecule has 0 unspecified atom stereocenters. The highest BCUT2D eigenvalue weighted by molar-refractivity contribution is 6.08. The number of methoxy groups -OCH3 is 1. The minimum atomic E-state index is -0.940. The summed E-state index contributed by atoms with van der Waals surface area (Å²) in [6.45, 7) is 4.21. The molecule has 35 heavy (non-hydrogen) atoms. The van der Waals surface area contributed by atoms with Crippen LogP contribution in [0.3, 0.4) is 0 Å². The fourth-order valence-electron chi connectivity index (χ4n) is 5.79. The van der Waals surface area contributed by atoms with Gasteiger partial charge in [-0.1, -0.05) is 30.3 Å². The fraction of sp³-hybridized carbons (Fsp3) is 0.429. The molecule has 1 saturated carbocycles. The Morgan fingerprint density at radius 2 is 1.94 bits per heavy atom. The maximum Gasteiger partial charge on any atom is 0.328 e. The van der Waals surface area contributed by atoms with E-state index in [0.717, 1.165) is 58.9 Å². The van der Waals surface area contributed by atoms with Crippen LogP contribution in [-0.4, -0.2) is 59.0 Å². The molecule has 0 bridgehead atoms. The van der Waals surface area contributed by atoms with Crippen molar-refractivity contribution in [1.29, 1.82) is 0 Å². The van der Waals surface area contributed by atoms with Crippen LogP contribution in [0.1, 0.15) is 49.0 Å². The molecule has 1 aromatic heterocycles. The fourth-order valence-corrected chi connectivity index (χ4v) is 5.79. The molecule has 2 N–H and O–H groups in total. The molecule has 3 aromatic rings. The van der Waals surface area contributed by atoms with Crippen LogP contribution in [0.4, 0.5) is 4.79 Å². The molecule has 3 amide bonds. The lowest BCUT2D eigenvalue weighted by molar-refractivity contribution is -0.133. The Balaban J connectivity index is 1.37. The summed E-state index contributed by atoms with van der Waals surface area (Å²) in [6.07, 6.45) is 3.85. The molecule has 3 aliphatic rings. The molecule has 7 nitrogen and oxygen atoms in total. The van der Waals surface area contributed by atoms with Gasteiger partial charge in [0.15, 0.2) is 0 Å². The van der Waals surface area contributed by atoms with E-state index >= 15 is 0 Å². The van der Waals surface area contributed by atoms with Crippen LogP contribution < -0.4 is 10.1 Å². The number of ether oxygens (including phenoxy) is 1. The third-order valence-electron chi connectivity index (χ3n) is 7.85. The van der Waals surface area contributed by atoms with Crippen molar-refractivity contribution < 1.29 is 14.3 Å². The molecule has 1 aliphatic carbocycles. The van der Waals surface area contributed by atoms with Crippen molar-refractivity contribution in [3.63, 3.8) is 0 Å². The predicted octanol–water partition coefficient (Wildman–Crippen LogP) is 4.23. The van der Waals surface area contributed by atoms with Crippen LogP contribution in [0.15, 0.2) is 48.5 Å². The Kier molecular flexibility index (Phi) is 5.33. The van der Waals surface area contributed by atoms with Gasteiger partial charge in [0.2, 0.25) is 0 Å².